The first-order valence-corrected chi connectivity index (χ1v) is 8.75. The summed E-state index contributed by atoms with van der Waals surface area (Å²) in [4.78, 5) is 25.7. The van der Waals surface area contributed by atoms with Gasteiger partial charge < -0.3 is 15.0 Å². The lowest BCUT2D eigenvalue weighted by atomic mass is 10.1. The van der Waals surface area contributed by atoms with Gasteiger partial charge in [0.25, 0.3) is 11.5 Å². The predicted molar refractivity (Wildman–Crippen MR) is 104 cm³/mol. The van der Waals surface area contributed by atoms with Gasteiger partial charge in [0.1, 0.15) is 11.3 Å². The molecule has 26 heavy (non-hydrogen) atoms. The molecule has 2 N–H and O–H groups in total. The Labute approximate surface area is 151 Å². The number of nitrogens with zero attached hydrogens (tertiary/aromatic N) is 1. The normalized spacial score (nSPS) is 10.8. The quantitative estimate of drug-likeness (QED) is 0.729. The molecule has 3 aromatic rings. The number of pyridine rings is 1. The van der Waals surface area contributed by atoms with Gasteiger partial charge in [-0.05, 0) is 37.6 Å². The summed E-state index contributed by atoms with van der Waals surface area (Å²) in [5, 5.41) is 13.8. The average Bonchev–Trinajstić information content (AvgIpc) is 2.64. The number of carbonyl (C=O) groups excluding carboxylic acids is 1. The number of aryl methyl sites for hydroxylation is 2. The second-order valence-corrected chi connectivity index (χ2v) is 6.37. The Bertz CT molecular complexity index is 1000. The van der Waals surface area contributed by atoms with Gasteiger partial charge in [-0.25, -0.2) is 0 Å². The van der Waals surface area contributed by atoms with E-state index in [0.717, 1.165) is 18.4 Å². The molecule has 0 unspecified atom stereocenters. The molecule has 1 heterocycles. The molecule has 0 saturated heterocycles. The molecular formula is C21H22N2O3. The third-order valence-corrected chi connectivity index (χ3v) is 4.42. The van der Waals surface area contributed by atoms with Gasteiger partial charge in [-0.3, -0.25) is 9.59 Å². The van der Waals surface area contributed by atoms with E-state index in [0.29, 0.717) is 23.1 Å². The van der Waals surface area contributed by atoms with Crippen LogP contribution in [-0.2, 0) is 6.54 Å². The number of hydrogen-bond donors (Lipinski definition) is 2. The van der Waals surface area contributed by atoms with E-state index in [9.17, 15) is 14.7 Å². The number of rotatable bonds is 5. The molecule has 0 atom stereocenters. The highest BCUT2D eigenvalue weighted by atomic mass is 16.3. The van der Waals surface area contributed by atoms with Gasteiger partial charge in [0.2, 0.25) is 0 Å². The highest BCUT2D eigenvalue weighted by Crippen LogP contribution is 2.27. The minimum Gasteiger partial charge on any atom is -0.506 e. The lowest BCUT2D eigenvalue weighted by Crippen LogP contribution is -2.30. The van der Waals surface area contributed by atoms with Crippen LogP contribution in [0, 0.1) is 6.92 Å². The van der Waals surface area contributed by atoms with Crippen LogP contribution >= 0.6 is 0 Å². The molecule has 3 rings (SSSR count). The second-order valence-electron chi connectivity index (χ2n) is 6.37. The number of amides is 1. The fourth-order valence-electron chi connectivity index (χ4n) is 2.96. The summed E-state index contributed by atoms with van der Waals surface area (Å²) in [5.74, 6) is -0.879. The lowest BCUT2D eigenvalue weighted by Gasteiger charge is -2.15. The Morgan fingerprint density at radius 3 is 2.50 bits per heavy atom. The molecule has 0 bridgehead atoms. The second kappa shape index (κ2) is 7.44. The molecule has 1 amide bonds. The SMILES string of the molecule is CCCCn1c(=O)c(C(=O)Nc2ccc(C)cc2)c(O)c2ccccc21. The van der Waals surface area contributed by atoms with Crippen LogP contribution in [0.3, 0.4) is 0 Å². The highest BCUT2D eigenvalue weighted by molar-refractivity contribution is 6.09. The van der Waals surface area contributed by atoms with Crippen molar-refractivity contribution in [1.29, 1.82) is 0 Å². The number of para-hydroxylation sites is 1. The van der Waals surface area contributed by atoms with Gasteiger partial charge in [-0.1, -0.05) is 43.2 Å². The van der Waals surface area contributed by atoms with Crippen molar-refractivity contribution in [2.75, 3.05) is 5.32 Å². The Balaban J connectivity index is 2.11. The maximum absolute atomic E-state index is 12.9. The van der Waals surface area contributed by atoms with E-state index in [1.54, 1.807) is 34.9 Å². The van der Waals surface area contributed by atoms with E-state index in [4.69, 9.17) is 0 Å². The van der Waals surface area contributed by atoms with Crippen LogP contribution in [0.5, 0.6) is 5.75 Å². The van der Waals surface area contributed by atoms with Gasteiger partial charge in [0, 0.05) is 17.6 Å². The molecule has 0 aliphatic carbocycles. The number of aromatic nitrogens is 1. The summed E-state index contributed by atoms with van der Waals surface area (Å²) in [5.41, 5.74) is 1.58. The first-order valence-electron chi connectivity index (χ1n) is 8.75. The number of carbonyl (C=O) groups is 1. The van der Waals surface area contributed by atoms with Crippen LogP contribution in [0.25, 0.3) is 10.9 Å². The summed E-state index contributed by atoms with van der Waals surface area (Å²) in [6.45, 7) is 4.49. The smallest absolute Gasteiger partial charge is 0.267 e. The Morgan fingerprint density at radius 1 is 1.12 bits per heavy atom. The van der Waals surface area contributed by atoms with Crippen LogP contribution in [0.1, 0.15) is 35.7 Å². The van der Waals surface area contributed by atoms with Gasteiger partial charge in [0.15, 0.2) is 0 Å². The third-order valence-electron chi connectivity index (χ3n) is 4.42. The first kappa shape index (κ1) is 17.7. The number of fused-ring (bicyclic) bond motifs is 1. The largest absolute Gasteiger partial charge is 0.506 e. The van der Waals surface area contributed by atoms with Gasteiger partial charge >= 0.3 is 0 Å². The monoisotopic (exact) mass is 350 g/mol. The van der Waals surface area contributed by atoms with Crippen molar-refractivity contribution in [2.24, 2.45) is 0 Å². The van der Waals surface area contributed by atoms with E-state index in [1.165, 1.54) is 0 Å². The van der Waals surface area contributed by atoms with Crippen LogP contribution < -0.4 is 10.9 Å². The van der Waals surface area contributed by atoms with E-state index >= 15 is 0 Å². The molecule has 5 nitrogen and oxygen atoms in total. The van der Waals surface area contributed by atoms with Crippen molar-refractivity contribution in [2.45, 2.75) is 33.2 Å². The fraction of sp³-hybridized carbons (Fsp3) is 0.238. The molecule has 0 fully saturated rings. The van der Waals surface area contributed by atoms with Gasteiger partial charge in [-0.15, -0.1) is 0 Å². The molecule has 0 aliphatic rings. The van der Waals surface area contributed by atoms with Crippen LogP contribution in [0.4, 0.5) is 5.69 Å². The Kier molecular flexibility index (Phi) is 5.07. The van der Waals surface area contributed by atoms with Crippen molar-refractivity contribution in [3.63, 3.8) is 0 Å². The summed E-state index contributed by atoms with van der Waals surface area (Å²) in [6, 6.07) is 14.4. The van der Waals surface area contributed by atoms with Crippen molar-refractivity contribution in [1.82, 2.24) is 4.57 Å². The topological polar surface area (TPSA) is 71.3 Å². The Hall–Kier alpha value is -3.08. The molecule has 0 spiro atoms. The van der Waals surface area contributed by atoms with Crippen molar-refractivity contribution >= 4 is 22.5 Å². The predicted octanol–water partition coefficient (Wildman–Crippen LogP) is 4.07. The van der Waals surface area contributed by atoms with Crippen molar-refractivity contribution in [3.05, 3.63) is 70.0 Å². The van der Waals surface area contributed by atoms with Crippen LogP contribution in [0.2, 0.25) is 0 Å². The third kappa shape index (κ3) is 3.33. The lowest BCUT2D eigenvalue weighted by molar-refractivity contribution is 0.102. The number of aromatic hydroxyl groups is 1. The first-order chi connectivity index (χ1) is 12.5. The minimum absolute atomic E-state index is 0.222. The van der Waals surface area contributed by atoms with Crippen molar-refractivity contribution < 1.29 is 9.90 Å². The minimum atomic E-state index is -0.604. The molecule has 1 aromatic heterocycles. The van der Waals surface area contributed by atoms with Gasteiger partial charge in [0.05, 0.1) is 5.52 Å². The zero-order valence-electron chi connectivity index (χ0n) is 15.0. The van der Waals surface area contributed by atoms with E-state index < -0.39 is 11.5 Å². The van der Waals surface area contributed by atoms with E-state index in [1.807, 2.05) is 32.0 Å². The van der Waals surface area contributed by atoms with Crippen LogP contribution in [0.15, 0.2) is 53.3 Å². The highest BCUT2D eigenvalue weighted by Gasteiger charge is 2.22. The molecule has 2 aromatic carbocycles. The zero-order valence-corrected chi connectivity index (χ0v) is 15.0. The summed E-state index contributed by atoms with van der Waals surface area (Å²) < 4.78 is 1.57. The maximum atomic E-state index is 12.9. The molecule has 0 radical (unpaired) electrons. The molecule has 0 saturated carbocycles. The standard InChI is InChI=1S/C21H22N2O3/c1-3-4-13-23-17-8-6-5-7-16(17)19(24)18(21(23)26)20(25)22-15-11-9-14(2)10-12-15/h5-12,24H,3-4,13H2,1-2H3,(H,22,25). The number of benzene rings is 2. The molecule has 0 aliphatic heterocycles. The number of hydrogen-bond acceptors (Lipinski definition) is 3. The molecule has 5 heteroatoms. The summed E-state index contributed by atoms with van der Waals surface area (Å²) >= 11 is 0. The molecule has 134 valence electrons. The summed E-state index contributed by atoms with van der Waals surface area (Å²) in [6.07, 6.45) is 1.74. The average molecular weight is 350 g/mol. The van der Waals surface area contributed by atoms with E-state index in [-0.39, 0.29) is 11.3 Å². The Morgan fingerprint density at radius 2 is 1.81 bits per heavy atom. The van der Waals surface area contributed by atoms with E-state index in [2.05, 4.69) is 5.32 Å². The van der Waals surface area contributed by atoms with Crippen molar-refractivity contribution in [3.8, 4) is 5.75 Å². The van der Waals surface area contributed by atoms with Crippen LogP contribution in [-0.4, -0.2) is 15.6 Å². The van der Waals surface area contributed by atoms with Gasteiger partial charge in [-0.2, -0.15) is 0 Å². The zero-order chi connectivity index (χ0) is 18.7. The number of nitrogens with one attached hydrogen (secondary N) is 1. The summed E-state index contributed by atoms with van der Waals surface area (Å²) in [7, 11) is 0. The molecular weight excluding hydrogens is 328 g/mol. The fourth-order valence-corrected chi connectivity index (χ4v) is 2.96. The number of anilines is 1. The number of unbranched alkanes of at least 4 members (excludes halogenated alkanes) is 1. The maximum Gasteiger partial charge on any atom is 0.267 e.